The minimum Gasteiger partial charge on any atom is -0.162 e. The van der Waals surface area contributed by atoms with Gasteiger partial charge in [0, 0.05) is 5.25 Å². The Morgan fingerprint density at radius 1 is 1.60 bits per heavy atom. The van der Waals surface area contributed by atoms with Gasteiger partial charge in [-0.3, -0.25) is 0 Å². The molecule has 0 atom stereocenters. The normalized spacial score (nSPS) is 23.4. The highest BCUT2D eigenvalue weighted by atomic mass is 32.2. The second kappa shape index (κ2) is 1.21. The van der Waals surface area contributed by atoms with Gasteiger partial charge in [-0.1, -0.05) is 0 Å². The predicted octanol–water partition coefficient (Wildman–Crippen LogP) is 1.51. The molecule has 1 heteroatoms. The lowest BCUT2D eigenvalue weighted by molar-refractivity contribution is 1.50. The Hall–Kier alpha value is 0.350. The lowest BCUT2D eigenvalue weighted by Crippen LogP contribution is -1.59. The average molecular weight is 88.2 g/mol. The maximum atomic E-state index is 2.18. The third-order valence-electron chi connectivity index (χ3n) is 0.858. The molecular weight excluding hydrogens is 80.1 g/mol. The molecule has 0 nitrogen and oxygen atoms in total. The smallest absolute Gasteiger partial charge is 0.00450 e. The lowest BCUT2D eigenvalue weighted by atomic mass is 11.0. The van der Waals surface area contributed by atoms with Crippen molar-refractivity contribution >= 4 is 11.8 Å². The summed E-state index contributed by atoms with van der Waals surface area (Å²) < 4.78 is 0. The third kappa shape index (κ3) is 0.839. The van der Waals surface area contributed by atoms with Crippen LogP contribution in [0.4, 0.5) is 0 Å². The van der Waals surface area contributed by atoms with Crippen molar-refractivity contribution in [2.24, 2.45) is 0 Å². The van der Waals surface area contributed by atoms with Gasteiger partial charge in [0.05, 0.1) is 0 Å². The highest BCUT2D eigenvalue weighted by Gasteiger charge is 2.18. The monoisotopic (exact) mass is 88.0 g/mol. The van der Waals surface area contributed by atoms with E-state index >= 15 is 0 Å². The Kier molecular flexibility index (Phi) is 0.856. The van der Waals surface area contributed by atoms with Crippen molar-refractivity contribution < 1.29 is 0 Å². The molecule has 0 N–H and O–H groups in total. The maximum absolute atomic E-state index is 2.18. The maximum Gasteiger partial charge on any atom is 0.00450 e. The van der Waals surface area contributed by atoms with Crippen molar-refractivity contribution in [2.75, 3.05) is 6.26 Å². The second-order valence-electron chi connectivity index (χ2n) is 1.44. The van der Waals surface area contributed by atoms with Crippen LogP contribution in [0.3, 0.4) is 0 Å². The molecule has 0 aromatic rings. The van der Waals surface area contributed by atoms with Crippen LogP contribution in [-0.2, 0) is 0 Å². The highest BCUT2D eigenvalue weighted by molar-refractivity contribution is 7.99. The zero-order valence-electron chi connectivity index (χ0n) is 3.40. The molecule has 0 heterocycles. The van der Waals surface area contributed by atoms with Crippen LogP contribution in [-0.4, -0.2) is 11.5 Å². The Morgan fingerprint density at radius 3 is 2.20 bits per heavy atom. The largest absolute Gasteiger partial charge is 0.162 e. The van der Waals surface area contributed by atoms with Crippen molar-refractivity contribution in [3.63, 3.8) is 0 Å². The number of rotatable bonds is 1. The fraction of sp³-hybridized carbons (Fsp3) is 1.00. The van der Waals surface area contributed by atoms with Gasteiger partial charge in [0.1, 0.15) is 0 Å². The summed E-state index contributed by atoms with van der Waals surface area (Å²) in [5.41, 5.74) is 0. The van der Waals surface area contributed by atoms with Gasteiger partial charge in [-0.15, -0.1) is 0 Å². The fourth-order valence-corrected chi connectivity index (χ4v) is 0.911. The van der Waals surface area contributed by atoms with Crippen molar-refractivity contribution in [1.82, 2.24) is 0 Å². The van der Waals surface area contributed by atoms with E-state index in [4.69, 9.17) is 0 Å². The molecule has 0 aromatic heterocycles. The van der Waals surface area contributed by atoms with Crippen LogP contribution in [0, 0.1) is 0 Å². The van der Waals surface area contributed by atoms with Crippen LogP contribution in [0.1, 0.15) is 12.8 Å². The van der Waals surface area contributed by atoms with E-state index in [1.807, 2.05) is 11.8 Å². The summed E-state index contributed by atoms with van der Waals surface area (Å²) in [7, 11) is 0. The SMILES string of the molecule is CSC1CC1. The molecule has 0 aliphatic heterocycles. The molecule has 1 aliphatic carbocycles. The molecule has 0 bridgehead atoms. The summed E-state index contributed by atoms with van der Waals surface area (Å²) >= 11 is 1.99. The van der Waals surface area contributed by atoms with Crippen molar-refractivity contribution in [3.8, 4) is 0 Å². The van der Waals surface area contributed by atoms with E-state index in [-0.39, 0.29) is 0 Å². The molecule has 0 spiro atoms. The van der Waals surface area contributed by atoms with E-state index in [1.165, 1.54) is 12.8 Å². The molecule has 30 valence electrons. The summed E-state index contributed by atoms with van der Waals surface area (Å²) in [6.07, 6.45) is 5.12. The molecule has 0 amide bonds. The topological polar surface area (TPSA) is 0 Å². The molecule has 0 aromatic carbocycles. The number of hydrogen-bond acceptors (Lipinski definition) is 1. The van der Waals surface area contributed by atoms with Gasteiger partial charge >= 0.3 is 0 Å². The lowest BCUT2D eigenvalue weighted by Gasteiger charge is -1.74. The van der Waals surface area contributed by atoms with E-state index in [0.717, 1.165) is 5.25 Å². The highest BCUT2D eigenvalue weighted by Crippen LogP contribution is 2.31. The zero-order valence-corrected chi connectivity index (χ0v) is 4.22. The first-order valence-electron chi connectivity index (χ1n) is 1.96. The Morgan fingerprint density at radius 2 is 2.20 bits per heavy atom. The van der Waals surface area contributed by atoms with E-state index in [9.17, 15) is 0 Å². The Bertz CT molecular complexity index is 30.6. The minimum atomic E-state index is 1.05. The van der Waals surface area contributed by atoms with E-state index in [0.29, 0.717) is 0 Å². The van der Waals surface area contributed by atoms with Crippen molar-refractivity contribution in [1.29, 1.82) is 0 Å². The molecule has 0 radical (unpaired) electrons. The number of thioether (sulfide) groups is 1. The molecule has 1 fully saturated rings. The third-order valence-corrected chi connectivity index (χ3v) is 2.00. The molecule has 0 unspecified atom stereocenters. The van der Waals surface area contributed by atoms with Gasteiger partial charge in [-0.2, -0.15) is 11.8 Å². The molecular formula is C4H8S. The van der Waals surface area contributed by atoms with Gasteiger partial charge in [0.15, 0.2) is 0 Å². The summed E-state index contributed by atoms with van der Waals surface area (Å²) in [4.78, 5) is 0. The standard InChI is InChI=1S/C4H8S/c1-5-4-2-3-4/h4H,2-3H2,1H3. The van der Waals surface area contributed by atoms with Gasteiger partial charge in [-0.05, 0) is 19.1 Å². The zero-order chi connectivity index (χ0) is 3.70. The van der Waals surface area contributed by atoms with Crippen LogP contribution in [0.15, 0.2) is 0 Å². The van der Waals surface area contributed by atoms with E-state index < -0.39 is 0 Å². The van der Waals surface area contributed by atoms with Gasteiger partial charge in [0.2, 0.25) is 0 Å². The van der Waals surface area contributed by atoms with E-state index in [1.54, 1.807) is 0 Å². The first kappa shape index (κ1) is 3.54. The van der Waals surface area contributed by atoms with Crippen LogP contribution >= 0.6 is 11.8 Å². The average Bonchev–Trinajstić information content (AvgIpc) is 2.12. The molecule has 1 aliphatic rings. The van der Waals surface area contributed by atoms with Crippen LogP contribution in [0.2, 0.25) is 0 Å². The summed E-state index contributed by atoms with van der Waals surface area (Å²) in [5.74, 6) is 0. The Balaban J connectivity index is 2.00. The Labute approximate surface area is 37.0 Å². The fourth-order valence-electron chi connectivity index (χ4n) is 0.304. The first-order chi connectivity index (χ1) is 2.43. The van der Waals surface area contributed by atoms with Crippen LogP contribution < -0.4 is 0 Å². The van der Waals surface area contributed by atoms with Gasteiger partial charge in [0.25, 0.3) is 0 Å². The predicted molar refractivity (Wildman–Crippen MR) is 26.5 cm³/mol. The molecule has 1 rings (SSSR count). The van der Waals surface area contributed by atoms with Crippen molar-refractivity contribution in [2.45, 2.75) is 18.1 Å². The minimum absolute atomic E-state index is 1.05. The quantitative estimate of drug-likeness (QED) is 0.468. The van der Waals surface area contributed by atoms with Gasteiger partial charge < -0.3 is 0 Å². The van der Waals surface area contributed by atoms with E-state index in [2.05, 4.69) is 6.26 Å². The van der Waals surface area contributed by atoms with Crippen molar-refractivity contribution in [3.05, 3.63) is 0 Å². The van der Waals surface area contributed by atoms with Crippen LogP contribution in [0.5, 0.6) is 0 Å². The summed E-state index contributed by atoms with van der Waals surface area (Å²) in [6, 6.07) is 0. The first-order valence-corrected chi connectivity index (χ1v) is 3.25. The molecule has 0 saturated heterocycles. The molecule has 5 heavy (non-hydrogen) atoms. The number of hydrogen-bond donors (Lipinski definition) is 0. The molecule has 1 saturated carbocycles. The summed E-state index contributed by atoms with van der Waals surface area (Å²) in [6.45, 7) is 0. The van der Waals surface area contributed by atoms with Crippen LogP contribution in [0.25, 0.3) is 0 Å². The van der Waals surface area contributed by atoms with Gasteiger partial charge in [-0.25, -0.2) is 0 Å². The second-order valence-corrected chi connectivity index (χ2v) is 2.57. The summed E-state index contributed by atoms with van der Waals surface area (Å²) in [5, 5.41) is 1.05.